The predicted molar refractivity (Wildman–Crippen MR) is 86.8 cm³/mol. The van der Waals surface area contributed by atoms with Crippen molar-refractivity contribution in [1.29, 1.82) is 0 Å². The van der Waals surface area contributed by atoms with Gasteiger partial charge in [0, 0.05) is 6.42 Å². The van der Waals surface area contributed by atoms with E-state index in [2.05, 4.69) is 33.8 Å². The second kappa shape index (κ2) is 13.2. The predicted octanol–water partition coefficient (Wildman–Crippen LogP) is 5.66. The molecule has 0 N–H and O–H groups in total. The molecule has 0 spiro atoms. The summed E-state index contributed by atoms with van der Waals surface area (Å²) >= 11 is 0. The summed E-state index contributed by atoms with van der Waals surface area (Å²) in [6.45, 7) is 9.18. The lowest BCUT2D eigenvalue weighted by Gasteiger charge is -2.10. The molecular formula is C18H34O2. The Morgan fingerprint density at radius 3 is 2.40 bits per heavy atom. The van der Waals surface area contributed by atoms with E-state index in [4.69, 9.17) is 4.74 Å². The monoisotopic (exact) mass is 282 g/mol. The van der Waals surface area contributed by atoms with Crippen LogP contribution in [0.4, 0.5) is 0 Å². The fourth-order valence-electron chi connectivity index (χ4n) is 2.17. The highest BCUT2D eigenvalue weighted by atomic mass is 16.5. The minimum Gasteiger partial charge on any atom is -0.466 e. The number of hydrogen-bond donors (Lipinski definition) is 0. The second-order valence-electron chi connectivity index (χ2n) is 6.16. The molecule has 0 aromatic carbocycles. The molecule has 0 aromatic heterocycles. The first-order valence-electron chi connectivity index (χ1n) is 8.35. The molecule has 1 atom stereocenters. The van der Waals surface area contributed by atoms with Crippen LogP contribution in [0.5, 0.6) is 0 Å². The van der Waals surface area contributed by atoms with Crippen LogP contribution in [0.3, 0.4) is 0 Å². The van der Waals surface area contributed by atoms with E-state index in [-0.39, 0.29) is 5.97 Å². The van der Waals surface area contributed by atoms with Gasteiger partial charge in [-0.15, -0.1) is 0 Å². The molecule has 0 aromatic rings. The molecule has 0 bridgehead atoms. The lowest BCUT2D eigenvalue weighted by Crippen LogP contribution is -2.10. The van der Waals surface area contributed by atoms with Crippen LogP contribution in [0.1, 0.15) is 85.5 Å². The van der Waals surface area contributed by atoms with E-state index in [0.29, 0.717) is 18.9 Å². The fourth-order valence-corrected chi connectivity index (χ4v) is 2.17. The minimum atomic E-state index is -0.0248. The van der Waals surface area contributed by atoms with Gasteiger partial charge in [-0.25, -0.2) is 0 Å². The van der Waals surface area contributed by atoms with Crippen molar-refractivity contribution in [2.45, 2.75) is 85.5 Å². The number of unbranched alkanes of at least 4 members (excludes halogenated alkanes) is 5. The molecule has 0 aliphatic rings. The third kappa shape index (κ3) is 13.6. The maximum absolute atomic E-state index is 11.6. The van der Waals surface area contributed by atoms with E-state index < -0.39 is 0 Å². The summed E-state index contributed by atoms with van der Waals surface area (Å²) in [5, 5.41) is 0. The lowest BCUT2D eigenvalue weighted by molar-refractivity contribution is -0.144. The zero-order valence-electron chi connectivity index (χ0n) is 14.0. The highest BCUT2D eigenvalue weighted by Gasteiger charge is 2.09. The van der Waals surface area contributed by atoms with Crippen molar-refractivity contribution in [3.8, 4) is 0 Å². The van der Waals surface area contributed by atoms with Crippen molar-refractivity contribution in [1.82, 2.24) is 0 Å². The summed E-state index contributed by atoms with van der Waals surface area (Å²) in [5.74, 6) is 0.394. The van der Waals surface area contributed by atoms with Crippen molar-refractivity contribution in [2.75, 3.05) is 6.61 Å². The molecule has 20 heavy (non-hydrogen) atoms. The van der Waals surface area contributed by atoms with Gasteiger partial charge in [-0.1, -0.05) is 57.6 Å². The molecule has 0 heterocycles. The molecule has 0 aliphatic heterocycles. The number of allylic oxidation sites excluding steroid dienone is 2. The van der Waals surface area contributed by atoms with Gasteiger partial charge >= 0.3 is 5.97 Å². The number of esters is 1. The normalized spacial score (nSPS) is 12.0. The molecule has 0 aliphatic carbocycles. The molecule has 0 saturated carbocycles. The van der Waals surface area contributed by atoms with Gasteiger partial charge in [0.25, 0.3) is 0 Å². The zero-order valence-corrected chi connectivity index (χ0v) is 14.0. The zero-order chi connectivity index (χ0) is 15.2. The van der Waals surface area contributed by atoms with E-state index >= 15 is 0 Å². The standard InChI is InChI=1S/C18H34O2/c1-5-6-7-8-9-10-14-20-18(19)15-17(4)13-11-12-16(2)3/h12,17H,5-11,13-15H2,1-4H3/t17-/m1/s1. The third-order valence-electron chi connectivity index (χ3n) is 3.49. The number of ether oxygens (including phenoxy) is 1. The Kier molecular flexibility index (Phi) is 12.7. The van der Waals surface area contributed by atoms with E-state index in [1.807, 2.05) is 0 Å². The van der Waals surface area contributed by atoms with Crippen LogP contribution < -0.4 is 0 Å². The van der Waals surface area contributed by atoms with Crippen LogP contribution in [-0.2, 0) is 9.53 Å². The van der Waals surface area contributed by atoms with E-state index in [1.54, 1.807) is 0 Å². The SMILES string of the molecule is CCCCCCCCOC(=O)C[C@H](C)CCC=C(C)C. The van der Waals surface area contributed by atoms with Crippen molar-refractivity contribution >= 4 is 5.97 Å². The molecule has 0 saturated heterocycles. The Morgan fingerprint density at radius 1 is 1.10 bits per heavy atom. The summed E-state index contributed by atoms with van der Waals surface area (Å²) in [4.78, 5) is 11.6. The Hall–Kier alpha value is -0.790. The minimum absolute atomic E-state index is 0.0248. The van der Waals surface area contributed by atoms with Crippen LogP contribution in [0.2, 0.25) is 0 Å². The van der Waals surface area contributed by atoms with Crippen LogP contribution >= 0.6 is 0 Å². The number of rotatable bonds is 12. The second-order valence-corrected chi connectivity index (χ2v) is 6.16. The van der Waals surface area contributed by atoms with Crippen molar-refractivity contribution < 1.29 is 9.53 Å². The molecule has 0 rings (SSSR count). The molecule has 2 nitrogen and oxygen atoms in total. The Morgan fingerprint density at radius 2 is 1.75 bits per heavy atom. The van der Waals surface area contributed by atoms with Gasteiger partial charge < -0.3 is 4.74 Å². The highest BCUT2D eigenvalue weighted by Crippen LogP contribution is 2.13. The topological polar surface area (TPSA) is 26.3 Å². The van der Waals surface area contributed by atoms with Gasteiger partial charge in [-0.3, -0.25) is 4.79 Å². The van der Waals surface area contributed by atoms with Crippen molar-refractivity contribution in [2.24, 2.45) is 5.92 Å². The maximum atomic E-state index is 11.6. The van der Waals surface area contributed by atoms with Crippen molar-refractivity contribution in [3.05, 3.63) is 11.6 Å². The number of hydrogen-bond acceptors (Lipinski definition) is 2. The summed E-state index contributed by atoms with van der Waals surface area (Å²) in [7, 11) is 0. The highest BCUT2D eigenvalue weighted by molar-refractivity contribution is 5.69. The van der Waals surface area contributed by atoms with Crippen molar-refractivity contribution in [3.63, 3.8) is 0 Å². The molecular weight excluding hydrogens is 248 g/mol. The van der Waals surface area contributed by atoms with Crippen LogP contribution in [0, 0.1) is 5.92 Å². The average molecular weight is 282 g/mol. The molecule has 0 unspecified atom stereocenters. The largest absolute Gasteiger partial charge is 0.466 e. The van der Waals surface area contributed by atoms with Crippen LogP contribution in [0.25, 0.3) is 0 Å². The van der Waals surface area contributed by atoms with E-state index in [9.17, 15) is 4.79 Å². The maximum Gasteiger partial charge on any atom is 0.306 e. The molecule has 0 radical (unpaired) electrons. The Labute approximate surface area is 126 Å². The number of carbonyl (C=O) groups excluding carboxylic acids is 1. The summed E-state index contributed by atoms with van der Waals surface area (Å²) in [5.41, 5.74) is 1.35. The first-order chi connectivity index (χ1) is 9.56. The first kappa shape index (κ1) is 19.2. The van der Waals surface area contributed by atoms with Gasteiger partial charge in [0.05, 0.1) is 6.61 Å². The van der Waals surface area contributed by atoms with Gasteiger partial charge in [-0.2, -0.15) is 0 Å². The van der Waals surface area contributed by atoms with Gasteiger partial charge in [0.1, 0.15) is 0 Å². The average Bonchev–Trinajstić information content (AvgIpc) is 2.37. The lowest BCUT2D eigenvalue weighted by atomic mass is 10.0. The van der Waals surface area contributed by atoms with Crippen LogP contribution in [-0.4, -0.2) is 12.6 Å². The first-order valence-corrected chi connectivity index (χ1v) is 8.35. The molecule has 0 amide bonds. The third-order valence-corrected chi connectivity index (χ3v) is 3.49. The summed E-state index contributed by atoms with van der Waals surface area (Å²) in [6.07, 6.45) is 12.3. The molecule has 2 heteroatoms. The smallest absolute Gasteiger partial charge is 0.306 e. The summed E-state index contributed by atoms with van der Waals surface area (Å²) < 4.78 is 5.29. The molecule has 0 fully saturated rings. The van der Waals surface area contributed by atoms with Gasteiger partial charge in [0.15, 0.2) is 0 Å². The Balaban J connectivity index is 3.46. The van der Waals surface area contributed by atoms with Gasteiger partial charge in [-0.05, 0) is 39.0 Å². The Bertz CT molecular complexity index is 265. The fraction of sp³-hybridized carbons (Fsp3) is 0.833. The van der Waals surface area contributed by atoms with Gasteiger partial charge in [0.2, 0.25) is 0 Å². The van der Waals surface area contributed by atoms with E-state index in [1.165, 1.54) is 37.7 Å². The number of carbonyl (C=O) groups is 1. The quantitative estimate of drug-likeness (QED) is 0.262. The van der Waals surface area contributed by atoms with E-state index in [0.717, 1.165) is 19.3 Å². The molecule has 118 valence electrons. The van der Waals surface area contributed by atoms with Crippen LogP contribution in [0.15, 0.2) is 11.6 Å². The summed E-state index contributed by atoms with van der Waals surface area (Å²) in [6, 6.07) is 0.